The molecule has 1 heterocycles. The van der Waals surface area contributed by atoms with Crippen LogP contribution in [0.3, 0.4) is 0 Å². The number of nitrogens with one attached hydrogen (secondary N) is 1. The van der Waals surface area contributed by atoms with Crippen molar-refractivity contribution in [3.63, 3.8) is 0 Å². The SMILES string of the molecule is COc1n[nH]c(-c2ccccc2)c1C#N. The van der Waals surface area contributed by atoms with Crippen molar-refractivity contribution < 1.29 is 4.74 Å². The smallest absolute Gasteiger partial charge is 0.251 e. The Balaban J connectivity index is 2.55. The van der Waals surface area contributed by atoms with Gasteiger partial charge in [0.1, 0.15) is 11.6 Å². The van der Waals surface area contributed by atoms with Gasteiger partial charge in [0.25, 0.3) is 5.88 Å². The topological polar surface area (TPSA) is 61.7 Å². The number of rotatable bonds is 2. The van der Waals surface area contributed by atoms with Gasteiger partial charge < -0.3 is 4.74 Å². The second-order valence-electron chi connectivity index (χ2n) is 2.96. The van der Waals surface area contributed by atoms with Gasteiger partial charge in [-0.1, -0.05) is 30.3 Å². The summed E-state index contributed by atoms with van der Waals surface area (Å²) in [5.41, 5.74) is 2.04. The minimum absolute atomic E-state index is 0.330. The Hall–Kier alpha value is -2.28. The number of aromatic amines is 1. The molecule has 1 N–H and O–H groups in total. The first-order valence-corrected chi connectivity index (χ1v) is 4.44. The molecule has 0 radical (unpaired) electrons. The third-order valence-corrected chi connectivity index (χ3v) is 2.10. The first-order chi connectivity index (χ1) is 7.36. The number of nitrogens with zero attached hydrogens (tertiary/aromatic N) is 2. The Kier molecular flexibility index (Phi) is 2.38. The van der Waals surface area contributed by atoms with E-state index in [2.05, 4.69) is 16.3 Å². The van der Waals surface area contributed by atoms with Gasteiger partial charge >= 0.3 is 0 Å². The number of ether oxygens (including phenoxy) is 1. The summed E-state index contributed by atoms with van der Waals surface area (Å²) in [4.78, 5) is 0. The lowest BCUT2D eigenvalue weighted by Crippen LogP contribution is -1.85. The summed E-state index contributed by atoms with van der Waals surface area (Å²) in [6.45, 7) is 0. The molecule has 0 atom stereocenters. The van der Waals surface area contributed by atoms with E-state index < -0.39 is 0 Å². The molecule has 2 rings (SSSR count). The van der Waals surface area contributed by atoms with Crippen LogP contribution in [0.5, 0.6) is 5.88 Å². The van der Waals surface area contributed by atoms with E-state index in [1.165, 1.54) is 7.11 Å². The first-order valence-electron chi connectivity index (χ1n) is 4.44. The molecule has 1 aromatic carbocycles. The molecule has 0 saturated heterocycles. The highest BCUT2D eigenvalue weighted by Gasteiger charge is 2.14. The second-order valence-corrected chi connectivity index (χ2v) is 2.96. The van der Waals surface area contributed by atoms with Crippen LogP contribution in [0.2, 0.25) is 0 Å². The van der Waals surface area contributed by atoms with E-state index >= 15 is 0 Å². The fraction of sp³-hybridized carbons (Fsp3) is 0.0909. The Bertz CT molecular complexity index is 496. The maximum absolute atomic E-state index is 8.99. The van der Waals surface area contributed by atoms with Crippen molar-refractivity contribution in [2.75, 3.05) is 7.11 Å². The monoisotopic (exact) mass is 199 g/mol. The van der Waals surface area contributed by atoms with E-state index in [0.29, 0.717) is 17.1 Å². The first kappa shape index (κ1) is 9.28. The molecule has 4 heteroatoms. The molecule has 0 fully saturated rings. The van der Waals surface area contributed by atoms with Gasteiger partial charge in [-0.3, -0.25) is 5.10 Å². The number of nitriles is 1. The summed E-state index contributed by atoms with van der Waals surface area (Å²) in [6.07, 6.45) is 0. The molecule has 0 aliphatic rings. The van der Waals surface area contributed by atoms with Crippen LogP contribution in [0.4, 0.5) is 0 Å². The van der Waals surface area contributed by atoms with Gasteiger partial charge in [0.05, 0.1) is 12.8 Å². The zero-order valence-corrected chi connectivity index (χ0v) is 8.19. The summed E-state index contributed by atoms with van der Waals surface area (Å²) < 4.78 is 4.97. The normalized spacial score (nSPS) is 9.60. The molecule has 4 nitrogen and oxygen atoms in total. The minimum Gasteiger partial charge on any atom is -0.479 e. The second kappa shape index (κ2) is 3.84. The lowest BCUT2D eigenvalue weighted by atomic mass is 10.1. The van der Waals surface area contributed by atoms with E-state index in [-0.39, 0.29) is 0 Å². The number of hydrogen-bond acceptors (Lipinski definition) is 3. The zero-order valence-electron chi connectivity index (χ0n) is 8.19. The average molecular weight is 199 g/mol. The number of H-pyrrole nitrogens is 1. The van der Waals surface area contributed by atoms with Crippen LogP contribution >= 0.6 is 0 Å². The third kappa shape index (κ3) is 1.55. The van der Waals surface area contributed by atoms with Crippen molar-refractivity contribution in [1.29, 1.82) is 5.26 Å². The Morgan fingerprint density at radius 1 is 1.33 bits per heavy atom. The molecule has 0 spiro atoms. The molecule has 0 bridgehead atoms. The van der Waals surface area contributed by atoms with E-state index in [9.17, 15) is 0 Å². The quantitative estimate of drug-likeness (QED) is 0.804. The number of aromatic nitrogens is 2. The Morgan fingerprint density at radius 2 is 2.07 bits per heavy atom. The molecule has 15 heavy (non-hydrogen) atoms. The van der Waals surface area contributed by atoms with Crippen molar-refractivity contribution in [3.05, 3.63) is 35.9 Å². The van der Waals surface area contributed by atoms with Crippen molar-refractivity contribution in [2.24, 2.45) is 0 Å². The predicted octanol–water partition coefficient (Wildman–Crippen LogP) is 1.96. The van der Waals surface area contributed by atoms with Crippen LogP contribution in [0.1, 0.15) is 5.56 Å². The highest BCUT2D eigenvalue weighted by Crippen LogP contribution is 2.26. The molecule has 2 aromatic rings. The van der Waals surface area contributed by atoms with Gasteiger partial charge in [-0.25, -0.2) is 0 Å². The van der Waals surface area contributed by atoms with Crippen molar-refractivity contribution in [3.8, 4) is 23.2 Å². The van der Waals surface area contributed by atoms with E-state index in [1.54, 1.807) is 0 Å². The van der Waals surface area contributed by atoms with Crippen molar-refractivity contribution >= 4 is 0 Å². The standard InChI is InChI=1S/C11H9N3O/c1-15-11-9(7-12)10(13-14-11)8-5-3-2-4-6-8/h2-6H,1H3,(H,13,14). The van der Waals surface area contributed by atoms with Gasteiger partial charge in [0.15, 0.2) is 0 Å². The molecule has 74 valence electrons. The largest absolute Gasteiger partial charge is 0.479 e. The van der Waals surface area contributed by atoms with E-state index in [0.717, 1.165) is 5.56 Å². The summed E-state index contributed by atoms with van der Waals surface area (Å²) in [6, 6.07) is 11.6. The van der Waals surface area contributed by atoms with E-state index in [1.807, 2.05) is 30.3 Å². The van der Waals surface area contributed by atoms with Gasteiger partial charge in [0, 0.05) is 5.56 Å². The fourth-order valence-corrected chi connectivity index (χ4v) is 1.39. The predicted molar refractivity (Wildman–Crippen MR) is 55.3 cm³/mol. The summed E-state index contributed by atoms with van der Waals surface area (Å²) in [5.74, 6) is 0.330. The highest BCUT2D eigenvalue weighted by atomic mass is 16.5. The number of hydrogen-bond donors (Lipinski definition) is 1. The highest BCUT2D eigenvalue weighted by molar-refractivity contribution is 5.68. The van der Waals surface area contributed by atoms with Crippen molar-refractivity contribution in [2.45, 2.75) is 0 Å². The van der Waals surface area contributed by atoms with Gasteiger partial charge in [-0.05, 0) is 0 Å². The lowest BCUT2D eigenvalue weighted by Gasteiger charge is -1.97. The molecule has 1 aromatic heterocycles. The fourth-order valence-electron chi connectivity index (χ4n) is 1.39. The maximum atomic E-state index is 8.99. The van der Waals surface area contributed by atoms with Crippen LogP contribution in [0, 0.1) is 11.3 Å². The molecule has 0 aliphatic heterocycles. The maximum Gasteiger partial charge on any atom is 0.251 e. The molecule has 0 saturated carbocycles. The van der Waals surface area contributed by atoms with Crippen LogP contribution in [-0.4, -0.2) is 17.3 Å². The van der Waals surface area contributed by atoms with Crippen LogP contribution < -0.4 is 4.74 Å². The third-order valence-electron chi connectivity index (χ3n) is 2.10. The van der Waals surface area contributed by atoms with Crippen LogP contribution in [0.25, 0.3) is 11.3 Å². The minimum atomic E-state index is 0.330. The summed E-state index contributed by atoms with van der Waals surface area (Å²) in [5, 5.41) is 15.7. The average Bonchev–Trinajstić information content (AvgIpc) is 2.72. The zero-order chi connectivity index (χ0) is 10.7. The van der Waals surface area contributed by atoms with Gasteiger partial charge in [-0.2, -0.15) is 5.26 Å². The summed E-state index contributed by atoms with van der Waals surface area (Å²) in [7, 11) is 1.49. The number of benzene rings is 1. The molecule has 0 amide bonds. The Morgan fingerprint density at radius 3 is 2.67 bits per heavy atom. The number of methoxy groups -OCH3 is 1. The van der Waals surface area contributed by atoms with Gasteiger partial charge in [0.2, 0.25) is 0 Å². The van der Waals surface area contributed by atoms with Gasteiger partial charge in [-0.15, -0.1) is 5.10 Å². The van der Waals surface area contributed by atoms with Crippen LogP contribution in [0.15, 0.2) is 30.3 Å². The molecule has 0 aliphatic carbocycles. The molecular formula is C11H9N3O. The van der Waals surface area contributed by atoms with Crippen molar-refractivity contribution in [1.82, 2.24) is 10.2 Å². The molecule has 0 unspecified atom stereocenters. The van der Waals surface area contributed by atoms with E-state index in [4.69, 9.17) is 10.00 Å². The summed E-state index contributed by atoms with van der Waals surface area (Å²) >= 11 is 0. The Labute approximate surface area is 87.1 Å². The van der Waals surface area contributed by atoms with Crippen LogP contribution in [-0.2, 0) is 0 Å². The molecular weight excluding hydrogens is 190 g/mol. The lowest BCUT2D eigenvalue weighted by molar-refractivity contribution is 0.396.